The van der Waals surface area contributed by atoms with E-state index in [1.165, 1.54) is 70.6 Å². The lowest BCUT2D eigenvalue weighted by atomic mass is 9.78. The van der Waals surface area contributed by atoms with Gasteiger partial charge in [0, 0.05) is 0 Å². The molecule has 0 aromatic carbocycles. The van der Waals surface area contributed by atoms with Crippen molar-refractivity contribution in [3.8, 4) is 0 Å². The van der Waals surface area contributed by atoms with E-state index >= 15 is 0 Å². The summed E-state index contributed by atoms with van der Waals surface area (Å²) in [6.45, 7) is 7.08. The van der Waals surface area contributed by atoms with Gasteiger partial charge in [0.15, 0.2) is 0 Å². The summed E-state index contributed by atoms with van der Waals surface area (Å²) >= 11 is 0. The average Bonchev–Trinajstić information content (AvgIpc) is 2.31. The summed E-state index contributed by atoms with van der Waals surface area (Å²) in [6, 6.07) is 0. The van der Waals surface area contributed by atoms with Crippen molar-refractivity contribution in [1.29, 1.82) is 0 Å². The van der Waals surface area contributed by atoms with E-state index in [4.69, 9.17) is 0 Å². The first-order valence-electron chi connectivity index (χ1n) is 7.64. The smallest absolute Gasteiger partial charge is 0.0354 e. The molecule has 2 aliphatic rings. The number of rotatable bonds is 1. The Morgan fingerprint density at radius 1 is 0.812 bits per heavy atom. The Balaban J connectivity index is 0.000000160. The number of hydrogen-bond acceptors (Lipinski definition) is 0. The van der Waals surface area contributed by atoms with Crippen LogP contribution in [-0.4, -0.2) is 0 Å². The fourth-order valence-electron chi connectivity index (χ4n) is 3.10. The van der Waals surface area contributed by atoms with Crippen LogP contribution >= 0.6 is 0 Å². The molecule has 0 saturated heterocycles. The predicted octanol–water partition coefficient (Wildman–Crippen LogP) is 5.95. The molecule has 0 amide bonds. The summed E-state index contributed by atoms with van der Waals surface area (Å²) in [4.78, 5) is 0. The molecule has 16 heavy (non-hydrogen) atoms. The Morgan fingerprint density at radius 3 is 1.62 bits per heavy atom. The van der Waals surface area contributed by atoms with Gasteiger partial charge in [-0.2, -0.15) is 0 Å². The van der Waals surface area contributed by atoms with E-state index in [2.05, 4.69) is 20.8 Å². The zero-order valence-electron chi connectivity index (χ0n) is 11.9. The molecule has 96 valence electrons. The first-order valence-corrected chi connectivity index (χ1v) is 7.64. The third-order valence-corrected chi connectivity index (χ3v) is 4.51. The third-order valence-electron chi connectivity index (χ3n) is 4.51. The Kier molecular flexibility index (Phi) is 6.46. The van der Waals surface area contributed by atoms with Crippen molar-refractivity contribution < 1.29 is 0 Å². The normalized spacial score (nSPS) is 25.7. The molecule has 0 bridgehead atoms. The van der Waals surface area contributed by atoms with Gasteiger partial charge in [-0.1, -0.05) is 78.6 Å². The van der Waals surface area contributed by atoms with E-state index in [-0.39, 0.29) is 0 Å². The standard InChI is InChI=1S/2C8H16/c1-8(2)6-4-3-5-7-8;1-2-8-6-4-3-5-7-8/h3-7H2,1-2H3;8H,2-7H2,1H3. The van der Waals surface area contributed by atoms with Gasteiger partial charge in [-0.15, -0.1) is 0 Å². The molecule has 0 N–H and O–H groups in total. The molecular formula is C16H32. The third kappa shape index (κ3) is 5.92. The highest BCUT2D eigenvalue weighted by atomic mass is 14.3. The largest absolute Gasteiger partial charge is 0.0651 e. The van der Waals surface area contributed by atoms with Gasteiger partial charge < -0.3 is 0 Å². The van der Waals surface area contributed by atoms with Crippen molar-refractivity contribution in [2.45, 2.75) is 91.4 Å². The van der Waals surface area contributed by atoms with Crippen molar-refractivity contribution in [1.82, 2.24) is 0 Å². The maximum atomic E-state index is 2.38. The zero-order chi connectivity index (χ0) is 11.9. The van der Waals surface area contributed by atoms with Gasteiger partial charge in [0.05, 0.1) is 0 Å². The molecule has 0 spiro atoms. The minimum absolute atomic E-state index is 0.679. The van der Waals surface area contributed by atoms with Gasteiger partial charge in [-0.05, 0) is 24.2 Å². The Hall–Kier alpha value is 0. The highest BCUT2D eigenvalue weighted by Crippen LogP contribution is 2.34. The van der Waals surface area contributed by atoms with E-state index in [9.17, 15) is 0 Å². The van der Waals surface area contributed by atoms with Crippen LogP contribution in [0.3, 0.4) is 0 Å². The first-order chi connectivity index (χ1) is 7.64. The van der Waals surface area contributed by atoms with Crippen molar-refractivity contribution in [3.63, 3.8) is 0 Å². The molecule has 2 rings (SSSR count). The van der Waals surface area contributed by atoms with Gasteiger partial charge in [-0.3, -0.25) is 0 Å². The average molecular weight is 224 g/mol. The van der Waals surface area contributed by atoms with Crippen LogP contribution in [0, 0.1) is 11.3 Å². The van der Waals surface area contributed by atoms with Crippen LogP contribution < -0.4 is 0 Å². The Morgan fingerprint density at radius 2 is 1.31 bits per heavy atom. The van der Waals surface area contributed by atoms with Gasteiger partial charge in [0.1, 0.15) is 0 Å². The van der Waals surface area contributed by atoms with Crippen LogP contribution in [0.4, 0.5) is 0 Å². The second-order valence-corrected chi connectivity index (χ2v) is 6.64. The maximum absolute atomic E-state index is 2.38. The lowest BCUT2D eigenvalue weighted by molar-refractivity contribution is 0.244. The van der Waals surface area contributed by atoms with E-state index in [1.54, 1.807) is 0 Å². The predicted molar refractivity (Wildman–Crippen MR) is 73.7 cm³/mol. The van der Waals surface area contributed by atoms with E-state index < -0.39 is 0 Å². The van der Waals surface area contributed by atoms with Crippen LogP contribution in [0.2, 0.25) is 0 Å². The van der Waals surface area contributed by atoms with Crippen LogP contribution in [0.5, 0.6) is 0 Å². The SMILES string of the molecule is CC1(C)CCCCC1.CCC1CCCCC1. The molecule has 0 heteroatoms. The second-order valence-electron chi connectivity index (χ2n) is 6.64. The van der Waals surface area contributed by atoms with Crippen molar-refractivity contribution in [2.24, 2.45) is 11.3 Å². The molecule has 0 aliphatic heterocycles. The molecule has 2 fully saturated rings. The van der Waals surface area contributed by atoms with Crippen LogP contribution in [0.15, 0.2) is 0 Å². The van der Waals surface area contributed by atoms with Crippen LogP contribution in [0.25, 0.3) is 0 Å². The quantitative estimate of drug-likeness (QED) is 0.516. The van der Waals surface area contributed by atoms with Crippen LogP contribution in [-0.2, 0) is 0 Å². The minimum Gasteiger partial charge on any atom is -0.0651 e. The molecule has 0 aromatic rings. The summed E-state index contributed by atoms with van der Waals surface area (Å²) in [5, 5.41) is 0. The van der Waals surface area contributed by atoms with Crippen molar-refractivity contribution in [2.75, 3.05) is 0 Å². The summed E-state index contributed by atoms with van der Waals surface area (Å²) < 4.78 is 0. The van der Waals surface area contributed by atoms with Crippen molar-refractivity contribution in [3.05, 3.63) is 0 Å². The van der Waals surface area contributed by atoms with E-state index in [0.717, 1.165) is 5.92 Å². The summed E-state index contributed by atoms with van der Waals surface area (Å²) in [5.41, 5.74) is 0.679. The van der Waals surface area contributed by atoms with Gasteiger partial charge >= 0.3 is 0 Å². The number of hydrogen-bond donors (Lipinski definition) is 0. The van der Waals surface area contributed by atoms with E-state index in [1.807, 2.05) is 0 Å². The minimum atomic E-state index is 0.679. The highest BCUT2D eigenvalue weighted by molar-refractivity contribution is 4.72. The maximum Gasteiger partial charge on any atom is -0.0354 e. The van der Waals surface area contributed by atoms with Gasteiger partial charge in [-0.25, -0.2) is 0 Å². The topological polar surface area (TPSA) is 0 Å². The zero-order valence-corrected chi connectivity index (χ0v) is 11.9. The Labute approximate surface area is 103 Å². The Bertz CT molecular complexity index is 155. The van der Waals surface area contributed by atoms with Crippen molar-refractivity contribution >= 4 is 0 Å². The molecule has 0 heterocycles. The molecule has 0 radical (unpaired) electrons. The monoisotopic (exact) mass is 224 g/mol. The van der Waals surface area contributed by atoms with Crippen LogP contribution in [0.1, 0.15) is 91.4 Å². The molecule has 0 unspecified atom stereocenters. The first kappa shape index (κ1) is 14.1. The summed E-state index contributed by atoms with van der Waals surface area (Å²) in [5.74, 6) is 1.09. The fraction of sp³-hybridized carbons (Fsp3) is 1.00. The summed E-state index contributed by atoms with van der Waals surface area (Å²) in [7, 11) is 0. The molecular weight excluding hydrogens is 192 g/mol. The lowest BCUT2D eigenvalue weighted by Crippen LogP contribution is -2.14. The lowest BCUT2D eigenvalue weighted by Gasteiger charge is -2.28. The summed E-state index contributed by atoms with van der Waals surface area (Å²) in [6.07, 6.45) is 16.2. The molecule has 0 nitrogen and oxygen atoms in total. The molecule has 0 aromatic heterocycles. The second kappa shape index (κ2) is 7.35. The molecule has 2 aliphatic carbocycles. The highest BCUT2D eigenvalue weighted by Gasteiger charge is 2.19. The van der Waals surface area contributed by atoms with Gasteiger partial charge in [0.25, 0.3) is 0 Å². The van der Waals surface area contributed by atoms with E-state index in [0.29, 0.717) is 5.41 Å². The molecule has 2 saturated carbocycles. The fourth-order valence-corrected chi connectivity index (χ4v) is 3.10. The molecule has 0 atom stereocenters. The van der Waals surface area contributed by atoms with Gasteiger partial charge in [0.2, 0.25) is 0 Å².